The van der Waals surface area contributed by atoms with E-state index in [2.05, 4.69) is 9.97 Å². The summed E-state index contributed by atoms with van der Waals surface area (Å²) in [6, 6.07) is 7.59. The molecule has 2 aromatic heterocycles. The van der Waals surface area contributed by atoms with Crippen molar-refractivity contribution < 1.29 is 24.5 Å². The first-order chi connectivity index (χ1) is 13.8. The molecule has 1 unspecified atom stereocenters. The van der Waals surface area contributed by atoms with Crippen molar-refractivity contribution in [2.24, 2.45) is 0 Å². The first kappa shape index (κ1) is 20.4. The molecule has 4 N–H and O–H groups in total. The molecule has 3 rings (SSSR count). The summed E-state index contributed by atoms with van der Waals surface area (Å²) >= 11 is 0. The zero-order chi connectivity index (χ0) is 21.1. The first-order valence-electron chi connectivity index (χ1n) is 8.83. The summed E-state index contributed by atoms with van der Waals surface area (Å²) in [5.41, 5.74) is 0.569. The van der Waals surface area contributed by atoms with Gasteiger partial charge in [-0.2, -0.15) is 0 Å². The number of amides is 1. The molecule has 0 aliphatic rings. The lowest BCUT2D eigenvalue weighted by Gasteiger charge is -2.20. The molecule has 1 aromatic carbocycles. The zero-order valence-electron chi connectivity index (χ0n) is 15.6. The summed E-state index contributed by atoms with van der Waals surface area (Å²) in [6.45, 7) is -0.758. The number of aromatic nitrogens is 2. The van der Waals surface area contributed by atoms with Crippen LogP contribution in [0.15, 0.2) is 41.3 Å². The summed E-state index contributed by atoms with van der Waals surface area (Å²) in [5.74, 6) is -1.71. The number of rotatable bonds is 6. The first-order valence-corrected chi connectivity index (χ1v) is 8.83. The monoisotopic (exact) mass is 401 g/mol. The molecule has 152 valence electrons. The third-order valence-electron chi connectivity index (χ3n) is 4.46. The summed E-state index contributed by atoms with van der Waals surface area (Å²) in [6.07, 6.45) is 0.767. The number of carbonyl (C=O) groups is 1. The molecule has 0 aliphatic heterocycles. The molecular weight excluding hydrogens is 381 g/mol. The van der Waals surface area contributed by atoms with Gasteiger partial charge in [-0.25, -0.2) is 4.39 Å². The Kier molecular flexibility index (Phi) is 5.90. The number of halogens is 1. The van der Waals surface area contributed by atoms with Crippen LogP contribution >= 0.6 is 0 Å². The van der Waals surface area contributed by atoms with Gasteiger partial charge in [0, 0.05) is 19.8 Å². The van der Waals surface area contributed by atoms with Gasteiger partial charge in [-0.15, -0.1) is 0 Å². The molecule has 1 atom stereocenters. The highest BCUT2D eigenvalue weighted by molar-refractivity contribution is 6.01. The van der Waals surface area contributed by atoms with Gasteiger partial charge in [-0.1, -0.05) is 12.1 Å². The predicted molar refractivity (Wildman–Crippen MR) is 103 cm³/mol. The number of pyridine rings is 2. The Bertz CT molecular complexity index is 1100. The number of aromatic amines is 1. The van der Waals surface area contributed by atoms with Gasteiger partial charge >= 0.3 is 0 Å². The number of aliphatic hydroxyl groups is 2. The summed E-state index contributed by atoms with van der Waals surface area (Å²) in [4.78, 5) is 32.7. The fourth-order valence-electron chi connectivity index (χ4n) is 2.98. The van der Waals surface area contributed by atoms with Crippen LogP contribution < -0.4 is 5.56 Å². The molecule has 3 aromatic rings. The molecule has 8 nitrogen and oxygen atoms in total. The molecule has 29 heavy (non-hydrogen) atoms. The van der Waals surface area contributed by atoms with Crippen LogP contribution in [0.25, 0.3) is 11.0 Å². The maximum Gasteiger partial charge on any atom is 0.265 e. The molecule has 0 aliphatic carbocycles. The number of aromatic hydroxyl groups is 1. The van der Waals surface area contributed by atoms with Crippen molar-refractivity contribution >= 4 is 16.9 Å². The number of fused-ring (bicyclic) bond motifs is 1. The van der Waals surface area contributed by atoms with Gasteiger partial charge < -0.3 is 25.2 Å². The largest absolute Gasteiger partial charge is 0.505 e. The van der Waals surface area contributed by atoms with Crippen LogP contribution in [0.4, 0.5) is 4.39 Å². The van der Waals surface area contributed by atoms with Gasteiger partial charge in [-0.05, 0) is 35.7 Å². The third kappa shape index (κ3) is 4.41. The average Bonchev–Trinajstić information content (AvgIpc) is 2.69. The van der Waals surface area contributed by atoms with Crippen LogP contribution in [0.5, 0.6) is 5.75 Å². The van der Waals surface area contributed by atoms with Gasteiger partial charge in [-0.3, -0.25) is 14.6 Å². The topological polar surface area (TPSA) is 127 Å². The number of likely N-dealkylation sites (N-methyl/N-ethyl adjacent to an activating group) is 1. The Morgan fingerprint density at radius 3 is 2.62 bits per heavy atom. The fourth-order valence-corrected chi connectivity index (χ4v) is 2.98. The van der Waals surface area contributed by atoms with E-state index in [-0.39, 0.29) is 23.4 Å². The van der Waals surface area contributed by atoms with Crippen molar-refractivity contribution in [2.45, 2.75) is 12.5 Å². The van der Waals surface area contributed by atoms with Gasteiger partial charge in [0.25, 0.3) is 11.5 Å². The van der Waals surface area contributed by atoms with Gasteiger partial charge in [0.15, 0.2) is 5.75 Å². The van der Waals surface area contributed by atoms with Crippen LogP contribution in [-0.4, -0.2) is 62.4 Å². The maximum atomic E-state index is 13.0. The molecule has 0 fully saturated rings. The lowest BCUT2D eigenvalue weighted by atomic mass is 10.1. The maximum absolute atomic E-state index is 13.0. The SMILES string of the molecule is CN(CC(O)CO)C(=O)c1c(O)c2ncc(Cc3ccc(F)cc3)cc2[nH]c1=O. The van der Waals surface area contributed by atoms with Crippen LogP contribution in [0, 0.1) is 5.82 Å². The van der Waals surface area contributed by atoms with Crippen LogP contribution in [0.3, 0.4) is 0 Å². The molecule has 0 radical (unpaired) electrons. The van der Waals surface area contributed by atoms with E-state index in [0.717, 1.165) is 16.0 Å². The smallest absolute Gasteiger partial charge is 0.265 e. The summed E-state index contributed by atoms with van der Waals surface area (Å²) < 4.78 is 13.0. The van der Waals surface area contributed by atoms with Crippen molar-refractivity contribution in [1.29, 1.82) is 0 Å². The van der Waals surface area contributed by atoms with Crippen LogP contribution in [-0.2, 0) is 6.42 Å². The number of carbonyl (C=O) groups excluding carboxylic acids is 1. The molecule has 0 spiro atoms. The normalized spacial score (nSPS) is 12.1. The molecule has 0 bridgehead atoms. The number of hydrogen-bond acceptors (Lipinski definition) is 6. The standard InChI is InChI=1S/C20H20FN3O5/c1-24(9-14(26)10-25)20(29)16-18(27)17-15(23-19(16)28)7-12(8-22-17)6-11-2-4-13(21)5-3-11/h2-5,7-8,14,25-26H,6,9-10H2,1H3,(H2,23,27,28). The minimum absolute atomic E-state index is 0.0481. The van der Waals surface area contributed by atoms with Gasteiger partial charge in [0.1, 0.15) is 16.9 Å². The van der Waals surface area contributed by atoms with E-state index in [4.69, 9.17) is 5.11 Å². The van der Waals surface area contributed by atoms with Crippen LogP contribution in [0.2, 0.25) is 0 Å². The number of nitrogens with zero attached hydrogens (tertiary/aromatic N) is 2. The molecular formula is C20H20FN3O5. The highest BCUT2D eigenvalue weighted by atomic mass is 19.1. The molecule has 2 heterocycles. The van der Waals surface area contributed by atoms with Crippen molar-refractivity contribution in [3.8, 4) is 5.75 Å². The Morgan fingerprint density at radius 2 is 1.97 bits per heavy atom. The van der Waals surface area contributed by atoms with E-state index >= 15 is 0 Å². The number of H-pyrrole nitrogens is 1. The fraction of sp³-hybridized carbons (Fsp3) is 0.250. The minimum atomic E-state index is -1.17. The quantitative estimate of drug-likeness (QED) is 0.484. The van der Waals surface area contributed by atoms with E-state index in [1.165, 1.54) is 25.4 Å². The second kappa shape index (κ2) is 8.38. The predicted octanol–water partition coefficient (Wildman–Crippen LogP) is 0.784. The number of nitrogens with one attached hydrogen (secondary N) is 1. The summed E-state index contributed by atoms with van der Waals surface area (Å²) in [5, 5.41) is 28.8. The highest BCUT2D eigenvalue weighted by Crippen LogP contribution is 2.25. The molecule has 9 heteroatoms. The zero-order valence-corrected chi connectivity index (χ0v) is 15.6. The van der Waals surface area contributed by atoms with E-state index in [0.29, 0.717) is 6.42 Å². The minimum Gasteiger partial charge on any atom is -0.505 e. The van der Waals surface area contributed by atoms with E-state index < -0.39 is 35.5 Å². The Balaban J connectivity index is 1.94. The van der Waals surface area contributed by atoms with Crippen LogP contribution in [0.1, 0.15) is 21.5 Å². The lowest BCUT2D eigenvalue weighted by molar-refractivity contribution is 0.0517. The second-order valence-electron chi connectivity index (χ2n) is 6.74. The average molecular weight is 401 g/mol. The van der Waals surface area contributed by atoms with Crippen molar-refractivity contribution in [2.75, 3.05) is 20.2 Å². The third-order valence-corrected chi connectivity index (χ3v) is 4.46. The van der Waals surface area contributed by atoms with Gasteiger partial charge in [0.05, 0.1) is 18.2 Å². The Labute approximate surface area is 164 Å². The molecule has 0 saturated heterocycles. The molecule has 0 saturated carbocycles. The lowest BCUT2D eigenvalue weighted by Crippen LogP contribution is -2.38. The number of aliphatic hydroxyl groups excluding tert-OH is 2. The van der Waals surface area contributed by atoms with Crippen molar-refractivity contribution in [3.63, 3.8) is 0 Å². The Hall–Kier alpha value is -3.30. The molecule has 1 amide bonds. The highest BCUT2D eigenvalue weighted by Gasteiger charge is 2.24. The van der Waals surface area contributed by atoms with E-state index in [9.17, 15) is 24.2 Å². The van der Waals surface area contributed by atoms with E-state index in [1.807, 2.05) is 0 Å². The van der Waals surface area contributed by atoms with Crippen molar-refractivity contribution in [1.82, 2.24) is 14.9 Å². The summed E-state index contributed by atoms with van der Waals surface area (Å²) in [7, 11) is 1.34. The second-order valence-corrected chi connectivity index (χ2v) is 6.74. The van der Waals surface area contributed by atoms with Crippen molar-refractivity contribution in [3.05, 3.63) is 69.4 Å². The van der Waals surface area contributed by atoms with Gasteiger partial charge in [0.2, 0.25) is 0 Å². The van der Waals surface area contributed by atoms with E-state index in [1.54, 1.807) is 18.2 Å². The Morgan fingerprint density at radius 1 is 1.28 bits per heavy atom. The number of hydrogen-bond donors (Lipinski definition) is 4. The number of benzene rings is 1.